The van der Waals surface area contributed by atoms with E-state index in [9.17, 15) is 0 Å². The summed E-state index contributed by atoms with van der Waals surface area (Å²) in [5.41, 5.74) is 11.2. The summed E-state index contributed by atoms with van der Waals surface area (Å²) in [5, 5.41) is 0. The molecule has 0 aliphatic heterocycles. The van der Waals surface area contributed by atoms with Gasteiger partial charge in [0.2, 0.25) is 0 Å². The summed E-state index contributed by atoms with van der Waals surface area (Å²) in [5.74, 6) is 0. The quantitative estimate of drug-likeness (QED) is 0.664. The van der Waals surface area contributed by atoms with Gasteiger partial charge in [0, 0.05) is 0 Å². The molecule has 0 unspecified atom stereocenters. The van der Waals surface area contributed by atoms with Crippen LogP contribution in [0.15, 0.2) is 0 Å². The van der Waals surface area contributed by atoms with Crippen LogP contribution in [0.5, 0.6) is 0 Å². The van der Waals surface area contributed by atoms with Crippen molar-refractivity contribution in [3.05, 3.63) is 33.4 Å². The summed E-state index contributed by atoms with van der Waals surface area (Å²) in [6.45, 7) is 14.5. The van der Waals surface area contributed by atoms with Gasteiger partial charge in [0.15, 0.2) is 0 Å². The average Bonchev–Trinajstić information content (AvgIpc) is 2.89. The Morgan fingerprint density at radius 3 is 1.43 bits per heavy atom. The van der Waals surface area contributed by atoms with Gasteiger partial charge >= 0.3 is 0 Å². The second-order valence-corrected chi connectivity index (χ2v) is 8.41. The first-order valence-electron chi connectivity index (χ1n) is 8.34. The van der Waals surface area contributed by atoms with Crippen LogP contribution in [0.1, 0.15) is 68.0 Å². The summed E-state index contributed by atoms with van der Waals surface area (Å²) in [6.07, 6.45) is 8.07. The van der Waals surface area contributed by atoms with Crippen LogP contribution >= 0.6 is 12.6 Å². The molecular formula is C20H32S. The van der Waals surface area contributed by atoms with Crippen molar-refractivity contribution in [1.82, 2.24) is 0 Å². The Morgan fingerprint density at radius 1 is 0.762 bits per heavy atom. The van der Waals surface area contributed by atoms with Gasteiger partial charge in [-0.15, -0.1) is 0 Å². The van der Waals surface area contributed by atoms with E-state index in [1.54, 1.807) is 39.6 Å². The largest absolute Gasteiger partial charge is 0.183 e. The van der Waals surface area contributed by atoms with Crippen LogP contribution in [-0.2, 0) is 32.1 Å². The van der Waals surface area contributed by atoms with Crippen molar-refractivity contribution < 1.29 is 0 Å². The topological polar surface area (TPSA) is 0 Å². The fraction of sp³-hybridized carbons (Fsp3) is 0.700. The lowest BCUT2D eigenvalue weighted by atomic mass is 9.87. The molecule has 0 bridgehead atoms. The van der Waals surface area contributed by atoms with E-state index in [2.05, 4.69) is 54.2 Å². The van der Waals surface area contributed by atoms with Gasteiger partial charge in [0.05, 0.1) is 0 Å². The molecule has 0 heterocycles. The van der Waals surface area contributed by atoms with E-state index in [4.69, 9.17) is 0 Å². The van der Waals surface area contributed by atoms with Crippen LogP contribution in [0.2, 0.25) is 0 Å². The van der Waals surface area contributed by atoms with Gasteiger partial charge in [-0.1, -0.05) is 34.6 Å². The van der Waals surface area contributed by atoms with Crippen LogP contribution in [0, 0.1) is 17.8 Å². The van der Waals surface area contributed by atoms with Gasteiger partial charge in [-0.3, -0.25) is 0 Å². The van der Waals surface area contributed by atoms with Gasteiger partial charge in [-0.25, -0.2) is 0 Å². The zero-order chi connectivity index (χ0) is 16.0. The molecule has 118 valence electrons. The summed E-state index contributed by atoms with van der Waals surface area (Å²) in [7, 11) is 0. The Morgan fingerprint density at radius 2 is 1.10 bits per heavy atom. The fourth-order valence-electron chi connectivity index (χ4n) is 4.55. The Hall–Kier alpha value is -0.430. The molecule has 0 saturated carbocycles. The van der Waals surface area contributed by atoms with Crippen molar-refractivity contribution in [1.29, 1.82) is 0 Å². The van der Waals surface area contributed by atoms with Crippen LogP contribution in [0.25, 0.3) is 0 Å². The normalized spacial score (nSPS) is 20.6. The maximum absolute atomic E-state index is 3.53. The maximum atomic E-state index is 3.53. The third-order valence-electron chi connectivity index (χ3n) is 5.34. The number of hydrogen-bond acceptors (Lipinski definition) is 1. The molecule has 2 aliphatic rings. The molecule has 1 aromatic rings. The Balaban J connectivity index is 0.000000774. The predicted octanol–water partition coefficient (Wildman–Crippen LogP) is 5.35. The predicted molar refractivity (Wildman–Crippen MR) is 97.8 cm³/mol. The molecule has 0 aromatic heterocycles. The van der Waals surface area contributed by atoms with Gasteiger partial charge < -0.3 is 0 Å². The van der Waals surface area contributed by atoms with Crippen LogP contribution < -0.4 is 0 Å². The second-order valence-electron chi connectivity index (χ2n) is 8.41. The van der Waals surface area contributed by atoms with E-state index < -0.39 is 0 Å². The van der Waals surface area contributed by atoms with Crippen LogP contribution in [0.4, 0.5) is 0 Å². The molecular weight excluding hydrogens is 272 g/mol. The van der Waals surface area contributed by atoms with E-state index in [1.165, 1.54) is 32.1 Å². The SMILES string of the molecule is CCc1c2c(c(C)c3c1CC(C)(C)C3)CC(C)(C)C2.CS. The number of fused-ring (bicyclic) bond motifs is 2. The lowest BCUT2D eigenvalue weighted by Crippen LogP contribution is -2.11. The van der Waals surface area contributed by atoms with Crippen molar-refractivity contribution in [3.8, 4) is 0 Å². The molecule has 1 aromatic carbocycles. The molecule has 3 rings (SSSR count). The molecule has 0 saturated heterocycles. The van der Waals surface area contributed by atoms with Crippen molar-refractivity contribution >= 4 is 12.6 Å². The number of rotatable bonds is 1. The monoisotopic (exact) mass is 304 g/mol. The Bertz CT molecular complexity index is 504. The fourth-order valence-corrected chi connectivity index (χ4v) is 4.55. The highest BCUT2D eigenvalue weighted by Crippen LogP contribution is 2.47. The minimum atomic E-state index is 0.474. The maximum Gasteiger partial charge on any atom is -0.0215 e. The van der Waals surface area contributed by atoms with Gasteiger partial charge in [-0.2, -0.15) is 12.6 Å². The molecule has 1 heteroatoms. The highest BCUT2D eigenvalue weighted by atomic mass is 32.1. The van der Waals surface area contributed by atoms with E-state index >= 15 is 0 Å². The summed E-state index contributed by atoms with van der Waals surface area (Å²) >= 11 is 3.53. The third-order valence-corrected chi connectivity index (χ3v) is 5.34. The van der Waals surface area contributed by atoms with Crippen LogP contribution in [0.3, 0.4) is 0 Å². The summed E-state index contributed by atoms with van der Waals surface area (Å²) in [6, 6.07) is 0. The van der Waals surface area contributed by atoms with Crippen molar-refractivity contribution in [2.45, 2.75) is 73.6 Å². The Labute approximate surface area is 137 Å². The van der Waals surface area contributed by atoms with E-state index in [0.29, 0.717) is 10.8 Å². The van der Waals surface area contributed by atoms with Gasteiger partial charge in [0.25, 0.3) is 0 Å². The minimum Gasteiger partial charge on any atom is -0.183 e. The summed E-state index contributed by atoms with van der Waals surface area (Å²) in [4.78, 5) is 0. The lowest BCUT2D eigenvalue weighted by Gasteiger charge is -2.17. The zero-order valence-electron chi connectivity index (χ0n) is 15.0. The molecule has 0 spiro atoms. The summed E-state index contributed by atoms with van der Waals surface area (Å²) < 4.78 is 0. The third kappa shape index (κ3) is 2.91. The van der Waals surface area contributed by atoms with Crippen LogP contribution in [-0.4, -0.2) is 6.26 Å². The van der Waals surface area contributed by atoms with E-state index in [-0.39, 0.29) is 0 Å². The first kappa shape index (κ1) is 16.9. The molecule has 0 fully saturated rings. The van der Waals surface area contributed by atoms with Crippen molar-refractivity contribution in [2.75, 3.05) is 6.26 Å². The van der Waals surface area contributed by atoms with E-state index in [0.717, 1.165) is 0 Å². The first-order valence-corrected chi connectivity index (χ1v) is 9.23. The standard InChI is InChI=1S/C19H28.CH4S/c1-7-13-16-10-18(3,4)8-14(16)12(2)15-9-19(5,6)11-17(13)15;1-2/h7-11H2,1-6H3;2H,1H3. The number of hydrogen-bond donors (Lipinski definition) is 1. The van der Waals surface area contributed by atoms with Crippen molar-refractivity contribution in [2.24, 2.45) is 10.8 Å². The zero-order valence-corrected chi connectivity index (χ0v) is 15.9. The van der Waals surface area contributed by atoms with Crippen molar-refractivity contribution in [3.63, 3.8) is 0 Å². The molecule has 21 heavy (non-hydrogen) atoms. The molecule has 2 aliphatic carbocycles. The lowest BCUT2D eigenvalue weighted by molar-refractivity contribution is 0.386. The highest BCUT2D eigenvalue weighted by Gasteiger charge is 2.38. The van der Waals surface area contributed by atoms with Gasteiger partial charge in [-0.05, 0) is 89.5 Å². The average molecular weight is 305 g/mol. The number of thiol groups is 1. The minimum absolute atomic E-state index is 0.474. The molecule has 0 N–H and O–H groups in total. The molecule has 0 nitrogen and oxygen atoms in total. The second kappa shape index (κ2) is 5.65. The molecule has 0 radical (unpaired) electrons. The number of benzene rings is 1. The highest BCUT2D eigenvalue weighted by molar-refractivity contribution is 7.79. The smallest absolute Gasteiger partial charge is 0.0215 e. The van der Waals surface area contributed by atoms with E-state index in [1.807, 2.05) is 0 Å². The molecule has 0 amide bonds. The molecule has 0 atom stereocenters. The van der Waals surface area contributed by atoms with Gasteiger partial charge in [0.1, 0.15) is 0 Å². The Kier molecular flexibility index (Phi) is 4.55. The first-order chi connectivity index (χ1) is 9.74.